The van der Waals surface area contributed by atoms with Crippen LogP contribution in [0.1, 0.15) is 17.0 Å². The molecule has 0 saturated heterocycles. The third kappa shape index (κ3) is 3.64. The van der Waals surface area contributed by atoms with Gasteiger partial charge >= 0.3 is 0 Å². The summed E-state index contributed by atoms with van der Waals surface area (Å²) >= 11 is 0. The monoisotopic (exact) mass is 299 g/mol. The molecule has 0 spiro atoms. The Balaban J connectivity index is 2.19. The lowest BCUT2D eigenvalue weighted by atomic mass is 10.2. The molecule has 0 aliphatic carbocycles. The lowest BCUT2D eigenvalue weighted by Crippen LogP contribution is -2.13. The number of ether oxygens (including phenoxy) is 1. The van der Waals surface area contributed by atoms with Crippen LogP contribution < -0.4 is 15.4 Å². The summed E-state index contributed by atoms with van der Waals surface area (Å²) < 4.78 is 10.2. The predicted molar refractivity (Wildman–Crippen MR) is 78.5 cm³/mol. The van der Waals surface area contributed by atoms with Gasteiger partial charge in [-0.25, -0.2) is 0 Å². The summed E-state index contributed by atoms with van der Waals surface area (Å²) in [5.74, 6) is -0.293. The second-order valence-electron chi connectivity index (χ2n) is 4.23. The Morgan fingerprint density at radius 1 is 1.32 bits per heavy atom. The van der Waals surface area contributed by atoms with E-state index in [-0.39, 0.29) is 12.2 Å². The Morgan fingerprint density at radius 2 is 2.14 bits per heavy atom. The highest BCUT2D eigenvalue weighted by atomic mass is 16.5. The Morgan fingerprint density at radius 3 is 2.77 bits per heavy atom. The van der Waals surface area contributed by atoms with Gasteiger partial charge in [-0.1, -0.05) is 0 Å². The highest BCUT2D eigenvalue weighted by molar-refractivity contribution is 6.03. The third-order valence-corrected chi connectivity index (χ3v) is 2.72. The molecule has 1 aromatic carbocycles. The molecule has 0 aliphatic heterocycles. The number of carbonyl (C=O) groups is 2. The van der Waals surface area contributed by atoms with E-state index in [0.29, 0.717) is 17.1 Å². The van der Waals surface area contributed by atoms with Crippen molar-refractivity contribution in [2.75, 3.05) is 17.7 Å². The summed E-state index contributed by atoms with van der Waals surface area (Å²) in [6.07, 6.45) is 1.14. The van der Waals surface area contributed by atoms with Crippen LogP contribution in [-0.4, -0.2) is 18.9 Å². The van der Waals surface area contributed by atoms with Crippen LogP contribution in [0, 0.1) is 11.3 Å². The molecule has 22 heavy (non-hydrogen) atoms. The molecule has 0 atom stereocenters. The van der Waals surface area contributed by atoms with E-state index < -0.39 is 11.8 Å². The van der Waals surface area contributed by atoms with Gasteiger partial charge in [-0.2, -0.15) is 5.26 Å². The highest BCUT2D eigenvalue weighted by Gasteiger charge is 2.13. The zero-order valence-corrected chi connectivity index (χ0v) is 11.8. The predicted octanol–water partition coefficient (Wildman–Crippen LogP) is 2.39. The first-order valence-corrected chi connectivity index (χ1v) is 6.33. The Hall–Kier alpha value is -3.27. The van der Waals surface area contributed by atoms with E-state index in [1.54, 1.807) is 24.3 Å². The quantitative estimate of drug-likeness (QED) is 0.882. The van der Waals surface area contributed by atoms with E-state index in [9.17, 15) is 9.59 Å². The lowest BCUT2D eigenvalue weighted by Gasteiger charge is -2.11. The minimum absolute atomic E-state index is 0.154. The van der Waals surface area contributed by atoms with Crippen molar-refractivity contribution in [1.29, 1.82) is 5.26 Å². The van der Waals surface area contributed by atoms with Crippen LogP contribution in [0.25, 0.3) is 0 Å². The number of rotatable bonds is 5. The number of carbonyl (C=O) groups excluding carboxylic acids is 2. The van der Waals surface area contributed by atoms with Crippen LogP contribution in [0.3, 0.4) is 0 Å². The first kappa shape index (κ1) is 15.1. The highest BCUT2D eigenvalue weighted by Crippen LogP contribution is 2.28. The van der Waals surface area contributed by atoms with Gasteiger partial charge in [0.2, 0.25) is 5.91 Å². The molecule has 0 aliphatic rings. The summed E-state index contributed by atoms with van der Waals surface area (Å²) in [6.45, 7) is 0. The Bertz CT molecular complexity index is 717. The SMILES string of the molecule is COc1ccc(NC(=O)CC#N)cc1NC(=O)c1ccco1. The van der Waals surface area contributed by atoms with Crippen LogP contribution >= 0.6 is 0 Å². The number of hydrogen-bond acceptors (Lipinski definition) is 5. The number of methoxy groups -OCH3 is 1. The average molecular weight is 299 g/mol. The van der Waals surface area contributed by atoms with Crippen LogP contribution in [0.15, 0.2) is 41.0 Å². The fourth-order valence-electron chi connectivity index (χ4n) is 1.75. The topological polar surface area (TPSA) is 104 Å². The van der Waals surface area contributed by atoms with Gasteiger partial charge in [0, 0.05) is 5.69 Å². The Kier molecular flexibility index (Phi) is 4.78. The molecule has 0 radical (unpaired) electrons. The largest absolute Gasteiger partial charge is 0.495 e. The first-order valence-electron chi connectivity index (χ1n) is 6.33. The van der Waals surface area contributed by atoms with E-state index in [2.05, 4.69) is 10.6 Å². The number of benzene rings is 1. The normalized spacial score (nSPS) is 9.64. The summed E-state index contributed by atoms with van der Waals surface area (Å²) in [7, 11) is 1.46. The molecule has 2 N–H and O–H groups in total. The number of amides is 2. The lowest BCUT2D eigenvalue weighted by molar-refractivity contribution is -0.115. The van der Waals surface area contributed by atoms with E-state index in [4.69, 9.17) is 14.4 Å². The number of nitrogens with one attached hydrogen (secondary N) is 2. The minimum atomic E-state index is -0.441. The number of nitrogens with zero attached hydrogens (tertiary/aromatic N) is 1. The molecule has 2 amide bonds. The van der Waals surface area contributed by atoms with Crippen molar-refractivity contribution in [3.8, 4) is 11.8 Å². The van der Waals surface area contributed by atoms with Gasteiger partial charge in [0.1, 0.15) is 12.2 Å². The smallest absolute Gasteiger partial charge is 0.291 e. The number of furan rings is 1. The molecule has 1 heterocycles. The number of anilines is 2. The molecule has 0 unspecified atom stereocenters. The molecule has 0 saturated carbocycles. The molecule has 1 aromatic heterocycles. The summed E-state index contributed by atoms with van der Waals surface area (Å²) in [6, 6.07) is 9.63. The maximum atomic E-state index is 12.0. The average Bonchev–Trinajstić information content (AvgIpc) is 3.02. The molecule has 7 nitrogen and oxygen atoms in total. The summed E-state index contributed by atoms with van der Waals surface area (Å²) in [4.78, 5) is 23.4. The first-order chi connectivity index (χ1) is 10.6. The molecule has 0 bridgehead atoms. The van der Waals surface area contributed by atoms with Crippen molar-refractivity contribution in [2.45, 2.75) is 6.42 Å². The molecule has 2 rings (SSSR count). The fourth-order valence-corrected chi connectivity index (χ4v) is 1.75. The van der Waals surface area contributed by atoms with Crippen LogP contribution in [0.4, 0.5) is 11.4 Å². The molecule has 112 valence electrons. The maximum Gasteiger partial charge on any atom is 0.291 e. The van der Waals surface area contributed by atoms with E-state index in [1.807, 2.05) is 0 Å². The summed E-state index contributed by atoms with van der Waals surface area (Å²) in [5, 5.41) is 13.7. The van der Waals surface area contributed by atoms with Gasteiger partial charge in [-0.3, -0.25) is 9.59 Å². The number of nitriles is 1. The zero-order valence-electron chi connectivity index (χ0n) is 11.8. The fraction of sp³-hybridized carbons (Fsp3) is 0.133. The van der Waals surface area contributed by atoms with Crippen molar-refractivity contribution < 1.29 is 18.7 Å². The molecular weight excluding hydrogens is 286 g/mol. The van der Waals surface area contributed by atoms with Crippen LogP contribution in [0.2, 0.25) is 0 Å². The molecule has 7 heteroatoms. The summed E-state index contributed by atoms with van der Waals surface area (Å²) in [5.41, 5.74) is 0.814. The van der Waals surface area contributed by atoms with E-state index in [0.717, 1.165) is 0 Å². The Labute approximate surface area is 126 Å². The second kappa shape index (κ2) is 6.95. The maximum absolute atomic E-state index is 12.0. The zero-order chi connectivity index (χ0) is 15.9. The van der Waals surface area contributed by atoms with Gasteiger partial charge in [-0.05, 0) is 30.3 Å². The number of hydrogen-bond donors (Lipinski definition) is 2. The molecular formula is C15H13N3O4. The van der Waals surface area contributed by atoms with Gasteiger partial charge in [0.15, 0.2) is 5.76 Å². The van der Waals surface area contributed by atoms with E-state index in [1.165, 1.54) is 25.5 Å². The minimum Gasteiger partial charge on any atom is -0.495 e. The van der Waals surface area contributed by atoms with Crippen molar-refractivity contribution in [3.63, 3.8) is 0 Å². The third-order valence-electron chi connectivity index (χ3n) is 2.72. The van der Waals surface area contributed by atoms with Crippen molar-refractivity contribution in [2.24, 2.45) is 0 Å². The standard InChI is InChI=1S/C15H13N3O4/c1-21-12-5-4-10(17-14(19)6-7-16)9-11(12)18-15(20)13-3-2-8-22-13/h2-5,8-9H,6H2,1H3,(H,17,19)(H,18,20). The van der Waals surface area contributed by atoms with Crippen LogP contribution in [0.5, 0.6) is 5.75 Å². The van der Waals surface area contributed by atoms with Gasteiger partial charge in [0.05, 0.1) is 25.1 Å². The second-order valence-corrected chi connectivity index (χ2v) is 4.23. The van der Waals surface area contributed by atoms with Gasteiger partial charge in [-0.15, -0.1) is 0 Å². The van der Waals surface area contributed by atoms with Crippen molar-refractivity contribution in [1.82, 2.24) is 0 Å². The molecule has 0 fully saturated rings. The van der Waals surface area contributed by atoms with Gasteiger partial charge in [0.25, 0.3) is 5.91 Å². The van der Waals surface area contributed by atoms with Gasteiger partial charge < -0.3 is 19.8 Å². The van der Waals surface area contributed by atoms with Crippen LogP contribution in [-0.2, 0) is 4.79 Å². The van der Waals surface area contributed by atoms with Crippen molar-refractivity contribution >= 4 is 23.2 Å². The molecule has 2 aromatic rings. The van der Waals surface area contributed by atoms with Crippen molar-refractivity contribution in [3.05, 3.63) is 42.4 Å². The van der Waals surface area contributed by atoms with E-state index >= 15 is 0 Å².